The number of rotatable bonds is 10. The third-order valence-corrected chi connectivity index (χ3v) is 3.84. The van der Waals surface area contributed by atoms with Gasteiger partial charge in [-0.05, 0) is 38.1 Å². The van der Waals surface area contributed by atoms with Gasteiger partial charge in [-0.25, -0.2) is 0 Å². The van der Waals surface area contributed by atoms with Gasteiger partial charge in [-0.15, -0.1) is 0 Å². The number of hydrogen-bond acceptors (Lipinski definition) is 6. The lowest BCUT2D eigenvalue weighted by atomic mass is 10.3. The van der Waals surface area contributed by atoms with E-state index in [-0.39, 0.29) is 18.1 Å². The van der Waals surface area contributed by atoms with Crippen LogP contribution in [0.2, 0.25) is 0 Å². The van der Waals surface area contributed by atoms with Gasteiger partial charge >= 0.3 is 0 Å². The molecule has 0 aliphatic heterocycles. The molecule has 3 amide bonds. The second kappa shape index (κ2) is 11.2. The summed E-state index contributed by atoms with van der Waals surface area (Å²) in [6.45, 7) is 4.03. The SMILES string of the molecule is CCOc1ccc(OC(C)C(=O)NNC(=O)CCSCC(N)=O)cc1. The molecule has 4 N–H and O–H groups in total. The highest BCUT2D eigenvalue weighted by Gasteiger charge is 2.15. The normalized spacial score (nSPS) is 11.3. The Labute approximate surface area is 150 Å². The minimum absolute atomic E-state index is 0.159. The Balaban J connectivity index is 2.29. The number of nitrogens with one attached hydrogen (secondary N) is 2. The standard InChI is InChI=1S/C16H23N3O5S/c1-3-23-12-4-6-13(7-5-12)24-11(2)16(22)19-18-15(21)8-9-25-10-14(17)20/h4-7,11H,3,8-10H2,1-2H3,(H2,17,20)(H,18,21)(H,19,22). The topological polar surface area (TPSA) is 120 Å². The maximum atomic E-state index is 11.9. The van der Waals surface area contributed by atoms with E-state index in [1.165, 1.54) is 11.8 Å². The van der Waals surface area contributed by atoms with Gasteiger partial charge in [0.25, 0.3) is 5.91 Å². The van der Waals surface area contributed by atoms with Crippen molar-refractivity contribution in [3.8, 4) is 11.5 Å². The van der Waals surface area contributed by atoms with E-state index < -0.39 is 17.9 Å². The van der Waals surface area contributed by atoms with Gasteiger partial charge in [0.1, 0.15) is 11.5 Å². The Kier molecular flexibility index (Phi) is 9.23. The number of carbonyl (C=O) groups is 3. The number of hydrazine groups is 1. The highest BCUT2D eigenvalue weighted by molar-refractivity contribution is 7.99. The Morgan fingerprint density at radius 1 is 1.16 bits per heavy atom. The van der Waals surface area contributed by atoms with Crippen molar-refractivity contribution in [3.05, 3.63) is 24.3 Å². The van der Waals surface area contributed by atoms with Crippen molar-refractivity contribution in [1.29, 1.82) is 0 Å². The molecule has 0 spiro atoms. The monoisotopic (exact) mass is 369 g/mol. The molecule has 0 aliphatic carbocycles. The number of carbonyl (C=O) groups excluding carboxylic acids is 3. The van der Waals surface area contributed by atoms with Crippen molar-refractivity contribution in [1.82, 2.24) is 10.9 Å². The fourth-order valence-corrected chi connectivity index (χ4v) is 2.35. The predicted octanol–water partition coefficient (Wildman–Crippen LogP) is 0.609. The van der Waals surface area contributed by atoms with Gasteiger partial charge in [-0.3, -0.25) is 25.2 Å². The fourth-order valence-electron chi connectivity index (χ4n) is 1.67. The molecule has 1 aromatic rings. The molecule has 25 heavy (non-hydrogen) atoms. The molecular formula is C16H23N3O5S. The number of hydrogen-bond donors (Lipinski definition) is 3. The van der Waals surface area contributed by atoms with Crippen LogP contribution in [0, 0.1) is 0 Å². The lowest BCUT2D eigenvalue weighted by molar-refractivity contribution is -0.132. The van der Waals surface area contributed by atoms with Gasteiger partial charge in [0.05, 0.1) is 12.4 Å². The highest BCUT2D eigenvalue weighted by atomic mass is 32.2. The molecule has 0 aromatic heterocycles. The van der Waals surface area contributed by atoms with Crippen LogP contribution in [-0.4, -0.2) is 41.9 Å². The zero-order valence-corrected chi connectivity index (χ0v) is 15.1. The number of benzene rings is 1. The zero-order valence-electron chi connectivity index (χ0n) is 14.2. The first-order valence-corrected chi connectivity index (χ1v) is 8.92. The summed E-state index contributed by atoms with van der Waals surface area (Å²) in [6.07, 6.45) is -0.630. The first-order chi connectivity index (χ1) is 11.9. The summed E-state index contributed by atoms with van der Waals surface area (Å²) in [5.74, 6) is 0.549. The van der Waals surface area contributed by atoms with Gasteiger partial charge in [0.2, 0.25) is 11.8 Å². The average molecular weight is 369 g/mol. The van der Waals surface area contributed by atoms with Crippen LogP contribution >= 0.6 is 11.8 Å². The molecule has 0 radical (unpaired) electrons. The number of amides is 3. The van der Waals surface area contributed by atoms with E-state index in [0.717, 1.165) is 0 Å². The molecule has 0 saturated heterocycles. The van der Waals surface area contributed by atoms with E-state index in [4.69, 9.17) is 15.2 Å². The molecule has 0 saturated carbocycles. The van der Waals surface area contributed by atoms with E-state index >= 15 is 0 Å². The van der Waals surface area contributed by atoms with Crippen molar-refractivity contribution < 1.29 is 23.9 Å². The Morgan fingerprint density at radius 3 is 2.40 bits per heavy atom. The smallest absolute Gasteiger partial charge is 0.279 e. The van der Waals surface area contributed by atoms with E-state index in [1.54, 1.807) is 31.2 Å². The zero-order chi connectivity index (χ0) is 18.7. The van der Waals surface area contributed by atoms with E-state index in [2.05, 4.69) is 10.9 Å². The van der Waals surface area contributed by atoms with Crippen molar-refractivity contribution in [2.24, 2.45) is 5.73 Å². The van der Waals surface area contributed by atoms with Crippen LogP contribution in [-0.2, 0) is 14.4 Å². The van der Waals surface area contributed by atoms with Crippen LogP contribution in [0.25, 0.3) is 0 Å². The van der Waals surface area contributed by atoms with Crippen LogP contribution in [0.5, 0.6) is 11.5 Å². The van der Waals surface area contributed by atoms with Crippen LogP contribution in [0.3, 0.4) is 0 Å². The van der Waals surface area contributed by atoms with Gasteiger partial charge in [0.15, 0.2) is 6.10 Å². The lowest BCUT2D eigenvalue weighted by Gasteiger charge is -2.15. The molecule has 8 nitrogen and oxygen atoms in total. The molecule has 1 rings (SSSR count). The summed E-state index contributed by atoms with van der Waals surface area (Å²) in [6, 6.07) is 6.89. The summed E-state index contributed by atoms with van der Waals surface area (Å²) in [7, 11) is 0. The van der Waals surface area contributed by atoms with Gasteiger partial charge in [0, 0.05) is 12.2 Å². The summed E-state index contributed by atoms with van der Waals surface area (Å²) < 4.78 is 10.8. The van der Waals surface area contributed by atoms with Crippen molar-refractivity contribution in [3.63, 3.8) is 0 Å². The molecule has 0 aliphatic rings. The molecule has 1 aromatic carbocycles. The minimum atomic E-state index is -0.789. The summed E-state index contributed by atoms with van der Waals surface area (Å²) in [5.41, 5.74) is 9.58. The Morgan fingerprint density at radius 2 is 1.80 bits per heavy atom. The third kappa shape index (κ3) is 8.85. The Bertz CT molecular complexity index is 580. The third-order valence-electron chi connectivity index (χ3n) is 2.86. The van der Waals surface area contributed by atoms with Gasteiger partial charge in [-0.2, -0.15) is 11.8 Å². The second-order valence-corrected chi connectivity index (χ2v) is 6.08. The molecular weight excluding hydrogens is 346 g/mol. The number of ether oxygens (including phenoxy) is 2. The molecule has 1 unspecified atom stereocenters. The van der Waals surface area contributed by atoms with Crippen molar-refractivity contribution >= 4 is 29.5 Å². The summed E-state index contributed by atoms with van der Waals surface area (Å²) >= 11 is 1.25. The summed E-state index contributed by atoms with van der Waals surface area (Å²) in [4.78, 5) is 34.0. The summed E-state index contributed by atoms with van der Waals surface area (Å²) in [5, 5.41) is 0. The maximum Gasteiger partial charge on any atom is 0.279 e. The average Bonchev–Trinajstić information content (AvgIpc) is 2.58. The van der Waals surface area contributed by atoms with Crippen molar-refractivity contribution in [2.45, 2.75) is 26.4 Å². The predicted molar refractivity (Wildman–Crippen MR) is 95.1 cm³/mol. The molecule has 9 heteroatoms. The van der Waals surface area contributed by atoms with E-state index in [0.29, 0.717) is 23.9 Å². The van der Waals surface area contributed by atoms with Crippen LogP contribution in [0.4, 0.5) is 0 Å². The maximum absolute atomic E-state index is 11.9. The highest BCUT2D eigenvalue weighted by Crippen LogP contribution is 2.18. The number of nitrogens with two attached hydrogens (primary N) is 1. The largest absolute Gasteiger partial charge is 0.494 e. The number of thioether (sulfide) groups is 1. The Hall–Kier alpha value is -2.42. The molecule has 0 heterocycles. The minimum Gasteiger partial charge on any atom is -0.494 e. The molecule has 138 valence electrons. The van der Waals surface area contributed by atoms with Gasteiger partial charge < -0.3 is 15.2 Å². The van der Waals surface area contributed by atoms with Crippen LogP contribution < -0.4 is 26.1 Å². The second-order valence-electron chi connectivity index (χ2n) is 4.97. The lowest BCUT2D eigenvalue weighted by Crippen LogP contribution is -2.47. The first kappa shape index (κ1) is 20.6. The molecule has 0 bridgehead atoms. The van der Waals surface area contributed by atoms with E-state index in [1.807, 2.05) is 6.92 Å². The van der Waals surface area contributed by atoms with Crippen LogP contribution in [0.15, 0.2) is 24.3 Å². The number of primary amides is 1. The first-order valence-electron chi connectivity index (χ1n) is 7.76. The quantitative estimate of drug-likeness (QED) is 0.411. The van der Waals surface area contributed by atoms with Gasteiger partial charge in [-0.1, -0.05) is 0 Å². The molecule has 0 fully saturated rings. The van der Waals surface area contributed by atoms with Crippen LogP contribution in [0.1, 0.15) is 20.3 Å². The molecule has 1 atom stereocenters. The fraction of sp³-hybridized carbons (Fsp3) is 0.438. The van der Waals surface area contributed by atoms with Crippen molar-refractivity contribution in [2.75, 3.05) is 18.1 Å². The van der Waals surface area contributed by atoms with E-state index in [9.17, 15) is 14.4 Å².